The molecule has 26 heavy (non-hydrogen) atoms. The zero-order chi connectivity index (χ0) is 18.6. The summed E-state index contributed by atoms with van der Waals surface area (Å²) in [5, 5.41) is 5.11. The maximum atomic E-state index is 13.1. The van der Waals surface area contributed by atoms with Crippen molar-refractivity contribution in [1.82, 2.24) is 24.2 Å². The van der Waals surface area contributed by atoms with Crippen LogP contribution >= 0.6 is 11.3 Å². The molecular weight excluding hydrogens is 350 g/mol. The third-order valence-corrected chi connectivity index (χ3v) is 6.23. The predicted molar refractivity (Wildman–Crippen MR) is 101 cm³/mol. The van der Waals surface area contributed by atoms with Crippen LogP contribution in [-0.4, -0.2) is 43.2 Å². The fraction of sp³-hybridized carbons (Fsp3) is 0.444. The Kier molecular flexibility index (Phi) is 3.95. The molecule has 0 aromatic carbocycles. The fourth-order valence-corrected chi connectivity index (χ4v) is 4.81. The number of hydrogen-bond acceptors (Lipinski definition) is 5. The summed E-state index contributed by atoms with van der Waals surface area (Å²) in [6.45, 7) is 7.20. The van der Waals surface area contributed by atoms with E-state index in [1.807, 2.05) is 30.4 Å². The van der Waals surface area contributed by atoms with Gasteiger partial charge in [0.05, 0.1) is 28.3 Å². The average Bonchev–Trinajstić information content (AvgIpc) is 3.28. The number of likely N-dealkylation sites (tertiary alicyclic amines) is 1. The van der Waals surface area contributed by atoms with Crippen molar-refractivity contribution in [3.8, 4) is 0 Å². The Hall–Kier alpha value is -2.48. The van der Waals surface area contributed by atoms with Crippen LogP contribution in [0.15, 0.2) is 17.2 Å². The van der Waals surface area contributed by atoms with Crippen molar-refractivity contribution < 1.29 is 4.79 Å². The van der Waals surface area contributed by atoms with Crippen LogP contribution < -0.4 is 5.56 Å². The van der Waals surface area contributed by atoms with E-state index in [9.17, 15) is 9.59 Å². The number of amides is 1. The highest BCUT2D eigenvalue weighted by Crippen LogP contribution is 2.31. The number of fused-ring (bicyclic) bond motifs is 1. The Bertz CT molecular complexity index is 1080. The Morgan fingerprint density at radius 1 is 1.31 bits per heavy atom. The third kappa shape index (κ3) is 2.56. The minimum atomic E-state index is -0.107. The number of carbonyl (C=O) groups is 1. The van der Waals surface area contributed by atoms with Gasteiger partial charge in [0.1, 0.15) is 4.83 Å². The van der Waals surface area contributed by atoms with Gasteiger partial charge in [-0.15, -0.1) is 11.3 Å². The lowest BCUT2D eigenvalue weighted by molar-refractivity contribution is 0.0791. The topological polar surface area (TPSA) is 73.0 Å². The maximum absolute atomic E-state index is 13.1. The van der Waals surface area contributed by atoms with E-state index in [0.29, 0.717) is 28.2 Å². The quantitative estimate of drug-likeness (QED) is 0.692. The second-order valence-corrected chi connectivity index (χ2v) is 7.96. The van der Waals surface area contributed by atoms with E-state index in [2.05, 4.69) is 16.1 Å². The molecule has 0 bridgehead atoms. The molecule has 136 valence electrons. The number of rotatable bonds is 2. The molecule has 0 spiro atoms. The highest BCUT2D eigenvalue weighted by atomic mass is 32.1. The van der Waals surface area contributed by atoms with Gasteiger partial charge >= 0.3 is 0 Å². The largest absolute Gasteiger partial charge is 0.336 e. The molecule has 8 heteroatoms. The predicted octanol–water partition coefficient (Wildman–Crippen LogP) is 2.20. The normalized spacial score (nSPS) is 17.4. The van der Waals surface area contributed by atoms with E-state index in [-0.39, 0.29) is 17.5 Å². The van der Waals surface area contributed by atoms with Gasteiger partial charge in [-0.05, 0) is 38.8 Å². The Morgan fingerprint density at radius 3 is 2.77 bits per heavy atom. The summed E-state index contributed by atoms with van der Waals surface area (Å²) in [7, 11) is 1.67. The lowest BCUT2D eigenvalue weighted by atomic mass is 10.2. The van der Waals surface area contributed by atoms with Crippen molar-refractivity contribution in [2.75, 3.05) is 13.1 Å². The van der Waals surface area contributed by atoms with E-state index < -0.39 is 0 Å². The monoisotopic (exact) mass is 371 g/mol. The van der Waals surface area contributed by atoms with E-state index >= 15 is 0 Å². The van der Waals surface area contributed by atoms with Crippen molar-refractivity contribution in [2.24, 2.45) is 7.05 Å². The van der Waals surface area contributed by atoms with Crippen molar-refractivity contribution in [2.45, 2.75) is 33.2 Å². The summed E-state index contributed by atoms with van der Waals surface area (Å²) < 4.78 is 3.47. The standard InChI is InChI=1S/C18H21N5O2S/c1-10-7-11(2)23(20-10)13-5-6-22(8-13)18(25)15-12(3)14-16(26-15)19-9-21(4)17(14)24/h7,9,13H,5-6,8H2,1-4H3. The van der Waals surface area contributed by atoms with Gasteiger partial charge in [0, 0.05) is 25.8 Å². The van der Waals surface area contributed by atoms with Crippen LogP contribution in [0.1, 0.15) is 39.1 Å². The molecule has 1 unspecified atom stereocenters. The molecule has 0 aliphatic carbocycles. The van der Waals surface area contributed by atoms with Crippen LogP contribution in [0, 0.1) is 20.8 Å². The highest BCUT2D eigenvalue weighted by molar-refractivity contribution is 7.20. The van der Waals surface area contributed by atoms with E-state index in [1.165, 1.54) is 22.2 Å². The van der Waals surface area contributed by atoms with E-state index in [0.717, 1.165) is 23.4 Å². The van der Waals surface area contributed by atoms with E-state index in [1.54, 1.807) is 7.05 Å². The summed E-state index contributed by atoms with van der Waals surface area (Å²) >= 11 is 1.31. The molecule has 1 fully saturated rings. The molecule has 0 N–H and O–H groups in total. The zero-order valence-corrected chi connectivity index (χ0v) is 16.1. The Labute approximate surface area is 154 Å². The SMILES string of the molecule is Cc1cc(C)n(C2CCN(C(=O)c3sc4ncn(C)c(=O)c4c3C)C2)n1. The van der Waals surface area contributed by atoms with Crippen molar-refractivity contribution in [1.29, 1.82) is 0 Å². The van der Waals surface area contributed by atoms with Crippen molar-refractivity contribution in [3.63, 3.8) is 0 Å². The number of hydrogen-bond donors (Lipinski definition) is 0. The second kappa shape index (κ2) is 6.05. The van der Waals surface area contributed by atoms with Crippen LogP contribution in [0.2, 0.25) is 0 Å². The molecular formula is C18H21N5O2S. The van der Waals surface area contributed by atoms with Crippen LogP contribution in [0.25, 0.3) is 10.2 Å². The van der Waals surface area contributed by atoms with Crippen LogP contribution in [-0.2, 0) is 7.05 Å². The second-order valence-electron chi connectivity index (χ2n) is 6.96. The molecule has 3 aromatic heterocycles. The number of thiophene rings is 1. The summed E-state index contributed by atoms with van der Waals surface area (Å²) in [5.74, 6) is -0.0171. The van der Waals surface area contributed by atoms with Gasteiger partial charge in [-0.2, -0.15) is 5.10 Å². The summed E-state index contributed by atoms with van der Waals surface area (Å²) in [4.78, 5) is 32.9. The first-order valence-electron chi connectivity index (χ1n) is 8.63. The third-order valence-electron chi connectivity index (χ3n) is 5.05. The number of carbonyl (C=O) groups excluding carboxylic acids is 1. The maximum Gasteiger partial charge on any atom is 0.264 e. The average molecular weight is 371 g/mol. The van der Waals surface area contributed by atoms with Gasteiger partial charge in [-0.25, -0.2) is 4.98 Å². The minimum absolute atomic E-state index is 0.0171. The first kappa shape index (κ1) is 17.0. The Balaban J connectivity index is 1.64. The van der Waals surface area contributed by atoms with Gasteiger partial charge < -0.3 is 9.47 Å². The molecule has 1 saturated heterocycles. The number of aryl methyl sites for hydroxylation is 4. The van der Waals surface area contributed by atoms with Crippen LogP contribution in [0.5, 0.6) is 0 Å². The molecule has 0 radical (unpaired) electrons. The van der Waals surface area contributed by atoms with Crippen molar-refractivity contribution in [3.05, 3.63) is 44.6 Å². The van der Waals surface area contributed by atoms with Crippen LogP contribution in [0.4, 0.5) is 0 Å². The first-order chi connectivity index (χ1) is 12.4. The van der Waals surface area contributed by atoms with Crippen molar-refractivity contribution >= 4 is 27.5 Å². The van der Waals surface area contributed by atoms with E-state index in [4.69, 9.17) is 0 Å². The fourth-order valence-electron chi connectivity index (χ4n) is 3.70. The lowest BCUT2D eigenvalue weighted by Crippen LogP contribution is -2.29. The molecule has 3 aromatic rings. The molecule has 4 rings (SSSR count). The molecule has 0 saturated carbocycles. The van der Waals surface area contributed by atoms with Crippen LogP contribution in [0.3, 0.4) is 0 Å². The zero-order valence-electron chi connectivity index (χ0n) is 15.3. The highest BCUT2D eigenvalue weighted by Gasteiger charge is 2.31. The molecule has 4 heterocycles. The van der Waals surface area contributed by atoms with Gasteiger partial charge in [-0.1, -0.05) is 0 Å². The van der Waals surface area contributed by atoms with Gasteiger partial charge in [0.25, 0.3) is 11.5 Å². The number of nitrogens with zero attached hydrogens (tertiary/aromatic N) is 5. The lowest BCUT2D eigenvalue weighted by Gasteiger charge is -2.17. The first-order valence-corrected chi connectivity index (χ1v) is 9.45. The van der Waals surface area contributed by atoms with Gasteiger partial charge in [0.2, 0.25) is 0 Å². The molecule has 1 aliphatic heterocycles. The molecule has 1 atom stereocenters. The molecule has 1 amide bonds. The molecule has 1 aliphatic rings. The summed E-state index contributed by atoms with van der Waals surface area (Å²) in [6.07, 6.45) is 2.39. The molecule has 7 nitrogen and oxygen atoms in total. The smallest absolute Gasteiger partial charge is 0.264 e. The summed E-state index contributed by atoms with van der Waals surface area (Å²) in [5.41, 5.74) is 2.74. The Morgan fingerprint density at radius 2 is 2.08 bits per heavy atom. The summed E-state index contributed by atoms with van der Waals surface area (Å²) in [6, 6.07) is 2.26. The van der Waals surface area contributed by atoms with Gasteiger partial charge in [-0.3, -0.25) is 14.3 Å². The minimum Gasteiger partial charge on any atom is -0.336 e. The van der Waals surface area contributed by atoms with Gasteiger partial charge in [0.15, 0.2) is 0 Å². The number of aromatic nitrogens is 4.